The fourth-order valence-electron chi connectivity index (χ4n) is 2.62. The molecule has 2 rings (SSSR count). The average molecular weight is 237 g/mol. The molecule has 0 aromatic carbocycles. The van der Waals surface area contributed by atoms with Gasteiger partial charge in [-0.15, -0.1) is 0 Å². The zero-order valence-electron chi connectivity index (χ0n) is 10.5. The van der Waals surface area contributed by atoms with Gasteiger partial charge in [0.05, 0.1) is 13.4 Å². The summed E-state index contributed by atoms with van der Waals surface area (Å²) in [6, 6.07) is 0.343. The van der Waals surface area contributed by atoms with Gasteiger partial charge in [0.2, 0.25) is 0 Å². The molecule has 1 fully saturated rings. The molecule has 0 aliphatic heterocycles. The Kier molecular flexibility index (Phi) is 3.09. The van der Waals surface area contributed by atoms with Gasteiger partial charge in [0.15, 0.2) is 5.69 Å². The minimum absolute atomic E-state index is 0.222. The average Bonchev–Trinajstić information content (AvgIpc) is 2.84. The summed E-state index contributed by atoms with van der Waals surface area (Å²) in [7, 11) is 1.33. The van der Waals surface area contributed by atoms with Crippen LogP contribution in [0.5, 0.6) is 0 Å². The number of carbonyl (C=O) groups is 1. The lowest BCUT2D eigenvalue weighted by atomic mass is 9.98. The number of nitrogens with zero attached hydrogens (tertiary/aromatic N) is 2. The molecule has 3 atom stereocenters. The molecule has 0 bridgehead atoms. The maximum Gasteiger partial charge on any atom is 0.360 e. The number of imidazole rings is 1. The monoisotopic (exact) mass is 237 g/mol. The number of methoxy groups -OCH3 is 1. The van der Waals surface area contributed by atoms with Crippen LogP contribution in [0.3, 0.4) is 0 Å². The Morgan fingerprint density at radius 1 is 1.53 bits per heavy atom. The molecule has 2 N–H and O–H groups in total. The van der Waals surface area contributed by atoms with Gasteiger partial charge in [0.25, 0.3) is 0 Å². The lowest BCUT2D eigenvalue weighted by Crippen LogP contribution is -2.16. The first-order valence-electron chi connectivity index (χ1n) is 5.96. The van der Waals surface area contributed by atoms with E-state index in [1.54, 1.807) is 6.33 Å². The fraction of sp³-hybridized carbons (Fsp3) is 0.667. The van der Waals surface area contributed by atoms with Crippen LogP contribution in [0.25, 0.3) is 0 Å². The molecule has 1 aliphatic rings. The van der Waals surface area contributed by atoms with Crippen LogP contribution in [0.15, 0.2) is 6.33 Å². The highest BCUT2D eigenvalue weighted by atomic mass is 16.5. The van der Waals surface area contributed by atoms with Crippen LogP contribution in [-0.4, -0.2) is 22.6 Å². The van der Waals surface area contributed by atoms with Crippen LogP contribution < -0.4 is 5.73 Å². The third kappa shape index (κ3) is 1.90. The van der Waals surface area contributed by atoms with Crippen molar-refractivity contribution in [1.29, 1.82) is 0 Å². The molecular formula is C12H19N3O2. The number of carbonyl (C=O) groups excluding carboxylic acids is 1. The molecular weight excluding hydrogens is 218 g/mol. The summed E-state index contributed by atoms with van der Waals surface area (Å²) >= 11 is 0. The number of aromatic nitrogens is 2. The van der Waals surface area contributed by atoms with Crippen molar-refractivity contribution in [3.8, 4) is 0 Å². The SMILES string of the molecule is COC(=O)c1ncn(C2CCC(C)C2C)c1N. The Bertz CT molecular complexity index is 427. The molecule has 0 saturated heterocycles. The molecule has 94 valence electrons. The summed E-state index contributed by atoms with van der Waals surface area (Å²) in [6.45, 7) is 4.47. The van der Waals surface area contributed by atoms with E-state index in [0.29, 0.717) is 23.7 Å². The molecule has 0 spiro atoms. The molecule has 5 heteroatoms. The second kappa shape index (κ2) is 4.39. The topological polar surface area (TPSA) is 70.1 Å². The van der Waals surface area contributed by atoms with Gasteiger partial charge in [0.1, 0.15) is 5.82 Å². The molecule has 3 unspecified atom stereocenters. The minimum atomic E-state index is -0.472. The Morgan fingerprint density at radius 2 is 2.24 bits per heavy atom. The van der Waals surface area contributed by atoms with Crippen LogP contribution in [-0.2, 0) is 4.74 Å². The van der Waals surface area contributed by atoms with Crippen molar-refractivity contribution < 1.29 is 9.53 Å². The van der Waals surface area contributed by atoms with Crippen molar-refractivity contribution in [1.82, 2.24) is 9.55 Å². The van der Waals surface area contributed by atoms with Crippen LogP contribution in [0.1, 0.15) is 43.2 Å². The van der Waals surface area contributed by atoms with Gasteiger partial charge in [0, 0.05) is 6.04 Å². The van der Waals surface area contributed by atoms with Crippen molar-refractivity contribution in [2.24, 2.45) is 11.8 Å². The lowest BCUT2D eigenvalue weighted by molar-refractivity contribution is 0.0596. The van der Waals surface area contributed by atoms with Gasteiger partial charge < -0.3 is 15.0 Å². The maximum atomic E-state index is 11.4. The Hall–Kier alpha value is -1.52. The van der Waals surface area contributed by atoms with Gasteiger partial charge in [-0.25, -0.2) is 9.78 Å². The number of nitrogens with two attached hydrogens (primary N) is 1. The first-order chi connectivity index (χ1) is 8.06. The van der Waals surface area contributed by atoms with E-state index in [4.69, 9.17) is 5.73 Å². The summed E-state index contributed by atoms with van der Waals surface area (Å²) in [6.07, 6.45) is 3.93. The summed E-state index contributed by atoms with van der Waals surface area (Å²) < 4.78 is 6.56. The van der Waals surface area contributed by atoms with Gasteiger partial charge >= 0.3 is 5.97 Å². The fourth-order valence-corrected chi connectivity index (χ4v) is 2.62. The zero-order chi connectivity index (χ0) is 12.6. The predicted octanol–water partition coefficient (Wildman–Crippen LogP) is 1.86. The van der Waals surface area contributed by atoms with Crippen molar-refractivity contribution in [2.75, 3.05) is 12.8 Å². The van der Waals surface area contributed by atoms with E-state index in [2.05, 4.69) is 23.6 Å². The van der Waals surface area contributed by atoms with E-state index in [1.807, 2.05) is 4.57 Å². The molecule has 1 aliphatic carbocycles. The highest BCUT2D eigenvalue weighted by molar-refractivity contribution is 5.92. The van der Waals surface area contributed by atoms with Crippen LogP contribution in [0.2, 0.25) is 0 Å². The first kappa shape index (κ1) is 12.0. The maximum absolute atomic E-state index is 11.4. The number of hydrogen-bond acceptors (Lipinski definition) is 4. The smallest absolute Gasteiger partial charge is 0.360 e. The zero-order valence-corrected chi connectivity index (χ0v) is 10.5. The van der Waals surface area contributed by atoms with Crippen LogP contribution in [0, 0.1) is 11.8 Å². The Labute approximate surface area is 101 Å². The molecule has 5 nitrogen and oxygen atoms in total. The molecule has 0 amide bonds. The number of hydrogen-bond donors (Lipinski definition) is 1. The van der Waals surface area contributed by atoms with Gasteiger partial charge in [-0.05, 0) is 24.7 Å². The van der Waals surface area contributed by atoms with E-state index in [0.717, 1.165) is 6.42 Å². The number of ether oxygens (including phenoxy) is 1. The lowest BCUT2D eigenvalue weighted by Gasteiger charge is -2.20. The highest BCUT2D eigenvalue weighted by Crippen LogP contribution is 2.41. The molecule has 1 aromatic heterocycles. The molecule has 1 heterocycles. The van der Waals surface area contributed by atoms with Crippen LogP contribution in [0.4, 0.5) is 5.82 Å². The van der Waals surface area contributed by atoms with Crippen molar-refractivity contribution in [3.63, 3.8) is 0 Å². The summed E-state index contributed by atoms with van der Waals surface area (Å²) in [5.41, 5.74) is 6.19. The second-order valence-electron chi connectivity index (χ2n) is 4.86. The normalized spacial score (nSPS) is 28.3. The first-order valence-corrected chi connectivity index (χ1v) is 5.96. The van der Waals surface area contributed by atoms with E-state index >= 15 is 0 Å². The van der Waals surface area contributed by atoms with Crippen molar-refractivity contribution in [3.05, 3.63) is 12.0 Å². The Balaban J connectivity index is 2.29. The van der Waals surface area contributed by atoms with E-state index < -0.39 is 5.97 Å². The summed E-state index contributed by atoms with van der Waals surface area (Å²) in [5.74, 6) is 1.18. The summed E-state index contributed by atoms with van der Waals surface area (Å²) in [5, 5.41) is 0. The minimum Gasteiger partial charge on any atom is -0.464 e. The van der Waals surface area contributed by atoms with E-state index in [9.17, 15) is 4.79 Å². The third-order valence-electron chi connectivity index (χ3n) is 3.99. The summed E-state index contributed by atoms with van der Waals surface area (Å²) in [4.78, 5) is 15.5. The van der Waals surface area contributed by atoms with E-state index in [1.165, 1.54) is 13.5 Å². The predicted molar refractivity (Wildman–Crippen MR) is 64.6 cm³/mol. The number of esters is 1. The van der Waals surface area contributed by atoms with Gasteiger partial charge in [-0.3, -0.25) is 0 Å². The molecule has 0 radical (unpaired) electrons. The Morgan fingerprint density at radius 3 is 2.76 bits per heavy atom. The number of nitrogen functional groups attached to an aromatic ring is 1. The van der Waals surface area contributed by atoms with Crippen LogP contribution >= 0.6 is 0 Å². The van der Waals surface area contributed by atoms with Crippen molar-refractivity contribution >= 4 is 11.8 Å². The largest absolute Gasteiger partial charge is 0.464 e. The highest BCUT2D eigenvalue weighted by Gasteiger charge is 2.33. The quantitative estimate of drug-likeness (QED) is 0.797. The standard InChI is InChI=1S/C12H19N3O2/c1-7-4-5-9(8(7)2)15-6-14-10(11(15)13)12(16)17-3/h6-9H,4-5,13H2,1-3H3. The molecule has 17 heavy (non-hydrogen) atoms. The van der Waals surface area contributed by atoms with E-state index in [-0.39, 0.29) is 5.69 Å². The second-order valence-corrected chi connectivity index (χ2v) is 4.86. The van der Waals surface area contributed by atoms with Crippen molar-refractivity contribution in [2.45, 2.75) is 32.7 Å². The van der Waals surface area contributed by atoms with Gasteiger partial charge in [-0.2, -0.15) is 0 Å². The van der Waals surface area contributed by atoms with Gasteiger partial charge in [-0.1, -0.05) is 13.8 Å². The third-order valence-corrected chi connectivity index (χ3v) is 3.99. The molecule has 1 saturated carbocycles. The number of rotatable bonds is 2. The molecule has 1 aromatic rings. The number of anilines is 1.